The SMILES string of the molecule is CC[C@H](C)[C@H](N)C(=O)N[C@@H](CC(C)C)C(=O)N[C@@H](CC(=O)O)C(=O)N[C@H](C(=O)N[C@@H](C)C(=O)NCC(=O)N[C@@H](CCCCN)C(=O)N[C@@H](CCC(=O)O)C(=O)N[C@@H](CCC(=O)O)C(=O)N[C@@H](/C=C1/C=CC(O)=CC1)C(=O)O)[C@@H](C)O. The number of nitrogens with two attached hydrogens (primary N) is 2. The normalized spacial score (nSPS) is 16.6. The van der Waals surface area contributed by atoms with Crippen LogP contribution in [0, 0.1) is 11.8 Å². The van der Waals surface area contributed by atoms with Crippen LogP contribution in [0.2, 0.25) is 0 Å². The van der Waals surface area contributed by atoms with E-state index in [1.165, 1.54) is 18.2 Å². The second-order valence-corrected chi connectivity index (χ2v) is 19.6. The first-order chi connectivity index (χ1) is 37.4. The topological polar surface area (TPSA) is 504 Å². The molecule has 0 saturated carbocycles. The number of aliphatic hydroxyl groups excluding tert-OH is 2. The number of carboxylic acid groups (broad SMARTS) is 4. The first kappa shape index (κ1) is 70.0. The van der Waals surface area contributed by atoms with Crippen molar-refractivity contribution in [1.29, 1.82) is 0 Å². The van der Waals surface area contributed by atoms with Crippen molar-refractivity contribution in [2.75, 3.05) is 13.1 Å². The van der Waals surface area contributed by atoms with Crippen molar-refractivity contribution in [1.82, 2.24) is 47.9 Å². The summed E-state index contributed by atoms with van der Waals surface area (Å²) in [4.78, 5) is 168. The lowest BCUT2D eigenvalue weighted by atomic mass is 9.97. The maximum absolute atomic E-state index is 13.8. The molecule has 30 nitrogen and oxygen atoms in total. The molecule has 0 saturated heterocycles. The third-order valence-corrected chi connectivity index (χ3v) is 12.3. The van der Waals surface area contributed by atoms with Crippen LogP contribution in [0.5, 0.6) is 0 Å². The zero-order valence-electron chi connectivity index (χ0n) is 45.6. The summed E-state index contributed by atoms with van der Waals surface area (Å²) < 4.78 is 0. The zero-order valence-corrected chi connectivity index (χ0v) is 45.6. The maximum atomic E-state index is 13.8. The molecule has 11 atom stereocenters. The molecule has 0 radical (unpaired) electrons. The predicted molar refractivity (Wildman–Crippen MR) is 282 cm³/mol. The number of allylic oxidation sites excluding steroid dienone is 4. The smallest absolute Gasteiger partial charge is 0.330 e. The Hall–Kier alpha value is -7.99. The van der Waals surface area contributed by atoms with Gasteiger partial charge in [0.2, 0.25) is 53.2 Å². The molecular formula is C50H79N11O19. The molecule has 0 heterocycles. The number of aliphatic hydroxyl groups is 2. The van der Waals surface area contributed by atoms with Crippen LogP contribution in [0.4, 0.5) is 0 Å². The van der Waals surface area contributed by atoms with Gasteiger partial charge in [0.15, 0.2) is 0 Å². The van der Waals surface area contributed by atoms with Crippen LogP contribution in [0.1, 0.15) is 112 Å². The van der Waals surface area contributed by atoms with Crippen LogP contribution in [0.3, 0.4) is 0 Å². The number of unbranched alkanes of at least 4 members (excludes halogenated alkanes) is 1. The fourth-order valence-electron chi connectivity index (χ4n) is 7.43. The van der Waals surface area contributed by atoms with E-state index < -0.39 is 176 Å². The van der Waals surface area contributed by atoms with Gasteiger partial charge in [-0.2, -0.15) is 0 Å². The van der Waals surface area contributed by atoms with Crippen molar-refractivity contribution in [3.63, 3.8) is 0 Å². The van der Waals surface area contributed by atoms with Crippen LogP contribution in [-0.2, 0) is 62.3 Å². The number of amides is 9. The van der Waals surface area contributed by atoms with Gasteiger partial charge < -0.3 is 90.0 Å². The van der Waals surface area contributed by atoms with Gasteiger partial charge in [-0.15, -0.1) is 0 Å². The van der Waals surface area contributed by atoms with Crippen LogP contribution in [0.25, 0.3) is 0 Å². The van der Waals surface area contributed by atoms with Gasteiger partial charge in [-0.05, 0) is 101 Å². The second kappa shape index (κ2) is 35.5. The van der Waals surface area contributed by atoms with E-state index in [1.807, 2.05) is 6.92 Å². The average Bonchev–Trinajstić information content (AvgIpc) is 3.37. The minimum absolute atomic E-state index is 0.0608. The first-order valence-corrected chi connectivity index (χ1v) is 25.9. The van der Waals surface area contributed by atoms with E-state index in [-0.39, 0.29) is 49.8 Å². The van der Waals surface area contributed by atoms with E-state index in [2.05, 4.69) is 47.9 Å². The molecule has 0 unspecified atom stereocenters. The first-order valence-electron chi connectivity index (χ1n) is 25.9. The summed E-state index contributed by atoms with van der Waals surface area (Å²) in [7, 11) is 0. The number of hydrogen-bond acceptors (Lipinski definition) is 17. The Bertz CT molecular complexity index is 2320. The minimum atomic E-state index is -1.86. The summed E-state index contributed by atoms with van der Waals surface area (Å²) in [6.45, 7) is 8.58. The zero-order chi connectivity index (χ0) is 61.0. The van der Waals surface area contributed by atoms with Crippen molar-refractivity contribution in [2.45, 2.75) is 173 Å². The maximum Gasteiger partial charge on any atom is 0.330 e. The van der Waals surface area contributed by atoms with Crippen molar-refractivity contribution in [3.05, 3.63) is 35.6 Å². The van der Waals surface area contributed by atoms with E-state index in [4.69, 9.17) is 11.5 Å². The molecule has 0 aromatic heterocycles. The minimum Gasteiger partial charge on any atom is -0.508 e. The summed E-state index contributed by atoms with van der Waals surface area (Å²) in [5.74, 6) is -15.9. The standard InChI is InChI=1S/C50H79N11O19/c1-7-25(4)40(52)48(77)59-33(20-24(2)3)46(75)58-34(22-39(69)70)47(76)61-41(27(6)62)49(78)54-26(5)42(71)53-23-36(64)55-30(10-8-9-19-51)43(72)56-31(15-17-37(65)66)44(73)57-32(16-18-38(67)68)45(74)60-35(50(79)80)21-28-11-13-29(63)14-12-28/h11,13-14,21,24-27,30-35,40-41,62-63H,7-10,12,15-20,22-23,51-52H2,1-6H3,(H,53,71)(H,54,78)(H,55,64)(H,56,72)(H,57,73)(H,58,75)(H,59,77)(H,60,74)(H,61,76)(H,65,66)(H,67,68)(H,69,70)(H,79,80)/b28-21-/t25-,26-,27+,30-,31-,32-,33-,34-,35-,40-,41-/m0/s1. The lowest BCUT2D eigenvalue weighted by Crippen LogP contribution is -2.61. The van der Waals surface area contributed by atoms with Crippen molar-refractivity contribution in [3.8, 4) is 0 Å². The molecule has 0 aromatic carbocycles. The highest BCUT2D eigenvalue weighted by molar-refractivity contribution is 5.99. The van der Waals surface area contributed by atoms with Crippen LogP contribution in [0.15, 0.2) is 35.6 Å². The van der Waals surface area contributed by atoms with Gasteiger partial charge in [-0.25, -0.2) is 4.79 Å². The second-order valence-electron chi connectivity index (χ2n) is 19.6. The monoisotopic (exact) mass is 1140 g/mol. The molecule has 9 amide bonds. The number of hydrogen-bond donors (Lipinski definition) is 17. The van der Waals surface area contributed by atoms with E-state index in [0.29, 0.717) is 18.4 Å². The van der Waals surface area contributed by atoms with Crippen molar-refractivity contribution < 1.29 is 93.0 Å². The quantitative estimate of drug-likeness (QED) is 0.0269. The van der Waals surface area contributed by atoms with Gasteiger partial charge in [-0.3, -0.25) is 57.5 Å². The number of carboxylic acids is 4. The molecule has 0 spiro atoms. The molecular weight excluding hydrogens is 1060 g/mol. The number of carbonyl (C=O) groups excluding carboxylic acids is 9. The molecule has 80 heavy (non-hydrogen) atoms. The highest BCUT2D eigenvalue weighted by atomic mass is 16.4. The number of aliphatic carboxylic acids is 4. The third-order valence-electron chi connectivity index (χ3n) is 12.3. The van der Waals surface area contributed by atoms with Gasteiger partial charge in [-0.1, -0.05) is 40.2 Å². The number of nitrogens with one attached hydrogen (secondary N) is 9. The third kappa shape index (κ3) is 26.6. The molecule has 0 aromatic rings. The summed E-state index contributed by atoms with van der Waals surface area (Å²) in [5, 5.41) is 78.9. The summed E-state index contributed by atoms with van der Waals surface area (Å²) in [6.07, 6.45) is 0.953. The molecule has 0 aliphatic heterocycles. The van der Waals surface area contributed by atoms with Gasteiger partial charge in [0.1, 0.15) is 54.1 Å². The van der Waals surface area contributed by atoms with Crippen LogP contribution >= 0.6 is 0 Å². The Morgan fingerprint density at radius 1 is 0.600 bits per heavy atom. The van der Waals surface area contributed by atoms with Gasteiger partial charge in [0.05, 0.1) is 25.1 Å². The lowest BCUT2D eigenvalue weighted by Gasteiger charge is -2.27. The highest BCUT2D eigenvalue weighted by Gasteiger charge is 2.36. The molecule has 0 fully saturated rings. The molecule has 1 rings (SSSR count). The molecule has 0 bridgehead atoms. The largest absolute Gasteiger partial charge is 0.508 e. The van der Waals surface area contributed by atoms with Gasteiger partial charge >= 0.3 is 23.9 Å². The van der Waals surface area contributed by atoms with E-state index in [9.17, 15) is 93.0 Å². The Balaban J connectivity index is 3.21. The fraction of sp³-hybridized carbons (Fsp3) is 0.620. The molecule has 30 heteroatoms. The number of rotatable bonds is 37. The lowest BCUT2D eigenvalue weighted by molar-refractivity contribution is -0.142. The Kier molecular flexibility index (Phi) is 31.1. The average molecular weight is 1140 g/mol. The Morgan fingerprint density at radius 3 is 1.59 bits per heavy atom. The highest BCUT2D eigenvalue weighted by Crippen LogP contribution is 2.16. The predicted octanol–water partition coefficient (Wildman–Crippen LogP) is -3.45. The van der Waals surface area contributed by atoms with Crippen molar-refractivity contribution >= 4 is 77.0 Å². The molecule has 448 valence electrons. The molecule has 1 aliphatic rings. The van der Waals surface area contributed by atoms with Gasteiger partial charge in [0.25, 0.3) is 0 Å². The molecule has 1 aliphatic carbocycles. The fourth-order valence-corrected chi connectivity index (χ4v) is 7.43. The summed E-state index contributed by atoms with van der Waals surface area (Å²) >= 11 is 0. The van der Waals surface area contributed by atoms with E-state index >= 15 is 0 Å². The van der Waals surface area contributed by atoms with Crippen LogP contribution < -0.4 is 59.3 Å². The Morgan fingerprint density at radius 2 is 1.11 bits per heavy atom. The molecule has 19 N–H and O–H groups in total. The summed E-state index contributed by atoms with van der Waals surface area (Å²) in [6, 6.07) is -14.1. The van der Waals surface area contributed by atoms with Gasteiger partial charge in [0, 0.05) is 12.8 Å². The van der Waals surface area contributed by atoms with Crippen molar-refractivity contribution in [2.24, 2.45) is 23.3 Å². The Labute approximate surface area is 461 Å². The summed E-state index contributed by atoms with van der Waals surface area (Å²) in [5.41, 5.74) is 12.0. The van der Waals surface area contributed by atoms with E-state index in [0.717, 1.165) is 19.9 Å². The van der Waals surface area contributed by atoms with Crippen LogP contribution in [-0.4, -0.2) is 181 Å². The number of carbonyl (C=O) groups is 13. The van der Waals surface area contributed by atoms with E-state index in [1.54, 1.807) is 20.8 Å².